The lowest BCUT2D eigenvalue weighted by Crippen LogP contribution is -2.26. The Bertz CT molecular complexity index is 756. The molecule has 24 heavy (non-hydrogen) atoms. The minimum absolute atomic E-state index is 0.00167. The minimum Gasteiger partial charge on any atom is -0.497 e. The molecule has 0 aliphatic heterocycles. The number of pyridine rings is 1. The second-order valence-electron chi connectivity index (χ2n) is 5.22. The highest BCUT2D eigenvalue weighted by atomic mass is 19.1. The highest BCUT2D eigenvalue weighted by Crippen LogP contribution is 2.22. The summed E-state index contributed by atoms with van der Waals surface area (Å²) in [5.41, 5.74) is 1.61. The van der Waals surface area contributed by atoms with Crippen molar-refractivity contribution in [2.45, 2.75) is 20.4 Å². The molecule has 0 atom stereocenters. The average Bonchev–Trinajstić information content (AvgIpc) is 2.52. The molecule has 1 heterocycles. The topological polar surface area (TPSA) is 60.5 Å². The van der Waals surface area contributed by atoms with Crippen molar-refractivity contribution in [2.24, 2.45) is 0 Å². The molecule has 2 aromatic rings. The van der Waals surface area contributed by atoms with E-state index < -0.39 is 23.1 Å². The van der Waals surface area contributed by atoms with Crippen LogP contribution in [0, 0.1) is 25.5 Å². The molecular formula is C17H18F2N2O3. The monoisotopic (exact) mass is 336 g/mol. The number of aryl methyl sites for hydroxylation is 2. The smallest absolute Gasteiger partial charge is 0.257 e. The number of hydrogen-bond donors (Lipinski definition) is 1. The van der Waals surface area contributed by atoms with E-state index in [1.165, 1.54) is 14.2 Å². The van der Waals surface area contributed by atoms with E-state index in [9.17, 15) is 13.6 Å². The molecule has 128 valence electrons. The van der Waals surface area contributed by atoms with Gasteiger partial charge in [0, 0.05) is 29.9 Å². The van der Waals surface area contributed by atoms with Gasteiger partial charge in [0.05, 0.1) is 14.2 Å². The van der Waals surface area contributed by atoms with E-state index >= 15 is 0 Å². The van der Waals surface area contributed by atoms with E-state index in [1.54, 1.807) is 0 Å². The molecule has 0 saturated heterocycles. The number of aromatic nitrogens is 1. The molecule has 0 aliphatic carbocycles. The second kappa shape index (κ2) is 7.25. The Kier molecular flexibility index (Phi) is 5.33. The fourth-order valence-corrected chi connectivity index (χ4v) is 2.35. The molecule has 0 unspecified atom stereocenters. The van der Waals surface area contributed by atoms with Crippen molar-refractivity contribution >= 4 is 5.91 Å². The molecule has 0 bridgehead atoms. The molecule has 0 radical (unpaired) electrons. The maximum Gasteiger partial charge on any atom is 0.257 e. The van der Waals surface area contributed by atoms with Crippen LogP contribution in [0.4, 0.5) is 8.78 Å². The van der Waals surface area contributed by atoms with Crippen molar-refractivity contribution in [3.05, 3.63) is 52.2 Å². The molecule has 7 heteroatoms. The van der Waals surface area contributed by atoms with Crippen molar-refractivity contribution in [1.29, 1.82) is 0 Å². The largest absolute Gasteiger partial charge is 0.497 e. The number of rotatable bonds is 5. The third kappa shape index (κ3) is 3.61. The van der Waals surface area contributed by atoms with Crippen LogP contribution >= 0.6 is 0 Å². The van der Waals surface area contributed by atoms with Gasteiger partial charge in [0.15, 0.2) is 0 Å². The van der Waals surface area contributed by atoms with Gasteiger partial charge in [0.25, 0.3) is 5.91 Å². The van der Waals surface area contributed by atoms with Gasteiger partial charge in [0.1, 0.15) is 22.9 Å². The van der Waals surface area contributed by atoms with Crippen molar-refractivity contribution in [2.75, 3.05) is 14.2 Å². The minimum atomic E-state index is -0.991. The fraction of sp³-hybridized carbons (Fsp3) is 0.294. The maximum atomic E-state index is 13.9. The van der Waals surface area contributed by atoms with Gasteiger partial charge in [-0.25, -0.2) is 13.8 Å². The third-order valence-electron chi connectivity index (χ3n) is 3.53. The van der Waals surface area contributed by atoms with Crippen molar-refractivity contribution < 1.29 is 23.0 Å². The quantitative estimate of drug-likeness (QED) is 0.912. The summed E-state index contributed by atoms with van der Waals surface area (Å²) in [6.07, 6.45) is 0. The highest BCUT2D eigenvalue weighted by Gasteiger charge is 2.20. The van der Waals surface area contributed by atoms with Crippen molar-refractivity contribution in [3.8, 4) is 11.6 Å². The van der Waals surface area contributed by atoms with Gasteiger partial charge in [-0.2, -0.15) is 0 Å². The average molecular weight is 336 g/mol. The van der Waals surface area contributed by atoms with E-state index in [1.807, 2.05) is 19.9 Å². The molecule has 0 spiro atoms. The van der Waals surface area contributed by atoms with Gasteiger partial charge in [-0.15, -0.1) is 0 Å². The summed E-state index contributed by atoms with van der Waals surface area (Å²) >= 11 is 0. The Labute approximate surface area is 138 Å². The zero-order chi connectivity index (χ0) is 17.9. The first-order chi connectivity index (χ1) is 11.4. The lowest BCUT2D eigenvalue weighted by atomic mass is 10.1. The molecule has 0 aliphatic rings. The first kappa shape index (κ1) is 17.7. The van der Waals surface area contributed by atoms with Crippen LogP contribution in [0.15, 0.2) is 18.2 Å². The van der Waals surface area contributed by atoms with Crippen LogP contribution in [0.3, 0.4) is 0 Å². The first-order valence-electron chi connectivity index (χ1n) is 7.19. The van der Waals surface area contributed by atoms with E-state index in [0.29, 0.717) is 11.4 Å². The number of halogens is 2. The van der Waals surface area contributed by atoms with E-state index in [4.69, 9.17) is 9.47 Å². The number of carbonyl (C=O) groups excluding carboxylic acids is 1. The normalized spacial score (nSPS) is 10.4. The molecular weight excluding hydrogens is 318 g/mol. The van der Waals surface area contributed by atoms with Gasteiger partial charge in [-0.1, -0.05) is 0 Å². The van der Waals surface area contributed by atoms with Crippen LogP contribution in [-0.4, -0.2) is 25.1 Å². The van der Waals surface area contributed by atoms with E-state index in [-0.39, 0.29) is 12.3 Å². The number of nitrogens with zero attached hydrogens (tertiary/aromatic N) is 1. The standard InChI is InChI=1S/C17H18F2N2O3/c1-9-5-10(2)21-17(24-4)12(9)8-20-16(22)15-13(18)6-11(23-3)7-14(15)19/h5-7H,8H2,1-4H3,(H,20,22). The lowest BCUT2D eigenvalue weighted by molar-refractivity contribution is 0.0942. The molecule has 1 aromatic carbocycles. The van der Waals surface area contributed by atoms with Crippen LogP contribution in [0.5, 0.6) is 11.6 Å². The highest BCUT2D eigenvalue weighted by molar-refractivity contribution is 5.94. The van der Waals surface area contributed by atoms with Gasteiger partial charge in [-0.05, 0) is 25.5 Å². The maximum absolute atomic E-state index is 13.9. The molecule has 5 nitrogen and oxygen atoms in total. The van der Waals surface area contributed by atoms with Crippen LogP contribution in [0.25, 0.3) is 0 Å². The Hall–Kier alpha value is -2.70. The number of nitrogens with one attached hydrogen (secondary N) is 1. The summed E-state index contributed by atoms with van der Waals surface area (Å²) in [4.78, 5) is 16.4. The Morgan fingerprint density at radius 2 is 1.75 bits per heavy atom. The fourth-order valence-electron chi connectivity index (χ4n) is 2.35. The van der Waals surface area contributed by atoms with Crippen LogP contribution in [-0.2, 0) is 6.54 Å². The molecule has 1 aromatic heterocycles. The molecule has 1 N–H and O–H groups in total. The van der Waals surface area contributed by atoms with E-state index in [2.05, 4.69) is 10.3 Å². The number of ether oxygens (including phenoxy) is 2. The Morgan fingerprint density at radius 3 is 2.29 bits per heavy atom. The summed E-state index contributed by atoms with van der Waals surface area (Å²) in [6, 6.07) is 3.74. The van der Waals surface area contributed by atoms with Gasteiger partial charge in [-0.3, -0.25) is 4.79 Å². The van der Waals surface area contributed by atoms with Crippen molar-refractivity contribution in [1.82, 2.24) is 10.3 Å². The predicted molar refractivity (Wildman–Crippen MR) is 84.3 cm³/mol. The zero-order valence-electron chi connectivity index (χ0n) is 13.9. The summed E-state index contributed by atoms with van der Waals surface area (Å²) < 4.78 is 37.8. The SMILES string of the molecule is COc1cc(F)c(C(=O)NCc2c(C)cc(C)nc2OC)c(F)c1. The van der Waals surface area contributed by atoms with Crippen molar-refractivity contribution in [3.63, 3.8) is 0 Å². The summed E-state index contributed by atoms with van der Waals surface area (Å²) in [5.74, 6) is -2.48. The Balaban J connectivity index is 2.24. The predicted octanol–water partition coefficient (Wildman–Crippen LogP) is 2.92. The Morgan fingerprint density at radius 1 is 1.12 bits per heavy atom. The van der Waals surface area contributed by atoms with Crippen LogP contribution < -0.4 is 14.8 Å². The molecule has 0 fully saturated rings. The summed E-state index contributed by atoms with van der Waals surface area (Å²) in [6.45, 7) is 3.69. The van der Waals surface area contributed by atoms with E-state index in [0.717, 1.165) is 23.4 Å². The number of carbonyl (C=O) groups is 1. The summed E-state index contributed by atoms with van der Waals surface area (Å²) in [7, 11) is 2.75. The molecule has 2 rings (SSSR count). The van der Waals surface area contributed by atoms with Crippen LogP contribution in [0.1, 0.15) is 27.2 Å². The first-order valence-corrected chi connectivity index (χ1v) is 7.19. The molecule has 0 saturated carbocycles. The third-order valence-corrected chi connectivity index (χ3v) is 3.53. The number of hydrogen-bond acceptors (Lipinski definition) is 4. The lowest BCUT2D eigenvalue weighted by Gasteiger charge is -2.13. The van der Waals surface area contributed by atoms with Gasteiger partial charge < -0.3 is 14.8 Å². The number of methoxy groups -OCH3 is 2. The number of amides is 1. The van der Waals surface area contributed by atoms with Crippen LogP contribution in [0.2, 0.25) is 0 Å². The van der Waals surface area contributed by atoms with Gasteiger partial charge >= 0.3 is 0 Å². The number of benzene rings is 1. The van der Waals surface area contributed by atoms with Gasteiger partial charge in [0.2, 0.25) is 5.88 Å². The molecule has 1 amide bonds. The summed E-state index contributed by atoms with van der Waals surface area (Å²) in [5, 5.41) is 2.49. The second-order valence-corrected chi connectivity index (χ2v) is 5.22. The zero-order valence-corrected chi connectivity index (χ0v) is 13.9.